The van der Waals surface area contributed by atoms with Crippen molar-refractivity contribution < 1.29 is 14.7 Å². The summed E-state index contributed by atoms with van der Waals surface area (Å²) >= 11 is 0. The third-order valence-corrected chi connectivity index (χ3v) is 5.45. The van der Waals surface area contributed by atoms with Gasteiger partial charge in [-0.2, -0.15) is 0 Å². The van der Waals surface area contributed by atoms with Crippen molar-refractivity contribution in [3.05, 3.63) is 95.3 Å². The van der Waals surface area contributed by atoms with Crippen molar-refractivity contribution in [3.63, 3.8) is 0 Å². The van der Waals surface area contributed by atoms with E-state index in [9.17, 15) is 5.11 Å². The maximum atomic E-state index is 10.7. The number of aryl methyl sites for hydroxylation is 1. The van der Waals surface area contributed by atoms with E-state index in [4.69, 9.17) is 4.74 Å². The van der Waals surface area contributed by atoms with Crippen LogP contribution in [0.15, 0.2) is 72.9 Å². The van der Waals surface area contributed by atoms with E-state index in [1.54, 1.807) is 7.11 Å². The minimum atomic E-state index is -0.371. The summed E-state index contributed by atoms with van der Waals surface area (Å²) in [6, 6.07) is 23.0. The number of nitrogens with one attached hydrogen (secondary N) is 1. The van der Waals surface area contributed by atoms with Gasteiger partial charge in [-0.1, -0.05) is 54.6 Å². The minimum absolute atomic E-state index is 0.371. The molecule has 1 unspecified atom stereocenters. The number of methoxy groups -OCH3 is 1. The average molecular weight is 394 g/mol. The van der Waals surface area contributed by atoms with Crippen LogP contribution in [0.3, 0.4) is 0 Å². The lowest BCUT2D eigenvalue weighted by Crippen LogP contribution is -3.12. The summed E-state index contributed by atoms with van der Waals surface area (Å²) in [4.78, 5) is 1.33. The van der Waals surface area contributed by atoms with Crippen molar-refractivity contribution in [2.24, 2.45) is 0 Å². The Bertz CT molecular complexity index is 860. The molecule has 2 atom stereocenters. The summed E-state index contributed by atoms with van der Waals surface area (Å²) in [7, 11) is 1.74. The lowest BCUT2D eigenvalue weighted by molar-refractivity contribution is -0.917. The quantitative estimate of drug-likeness (QED) is 0.525. The van der Waals surface area contributed by atoms with E-state index in [0.717, 1.165) is 19.6 Å². The van der Waals surface area contributed by atoms with Crippen LogP contribution in [0.25, 0.3) is 0 Å². The van der Waals surface area contributed by atoms with E-state index in [2.05, 4.69) is 66.2 Å². The van der Waals surface area contributed by atoms with E-state index in [-0.39, 0.29) is 6.10 Å². The number of hydrogen-bond donors (Lipinski definition) is 2. The normalized spacial score (nSPS) is 13.3. The molecule has 0 aliphatic rings. The second-order valence-corrected chi connectivity index (χ2v) is 7.77. The molecule has 2 aromatic carbocycles. The molecule has 0 saturated heterocycles. The third kappa shape index (κ3) is 6.57. The summed E-state index contributed by atoms with van der Waals surface area (Å²) in [5.74, 6) is 0. The highest BCUT2D eigenvalue weighted by molar-refractivity contribution is 5.26. The molecular formula is C25H33N2O2+. The van der Waals surface area contributed by atoms with Gasteiger partial charge in [-0.05, 0) is 35.7 Å². The predicted octanol–water partition coefficient (Wildman–Crippen LogP) is 2.48. The largest absolute Gasteiger partial charge is 0.387 e. The SMILES string of the molecule is COCC[NH+](Cc1cccn1Cc1ccccc1C)C[C@@H](O)Cc1ccccc1. The first-order valence-electron chi connectivity index (χ1n) is 10.4. The smallest absolute Gasteiger partial charge is 0.118 e. The number of nitrogens with zero attached hydrogens (tertiary/aromatic N) is 1. The fraction of sp³-hybridized carbons (Fsp3) is 0.360. The summed E-state index contributed by atoms with van der Waals surface area (Å²) in [5, 5.41) is 10.7. The van der Waals surface area contributed by atoms with E-state index < -0.39 is 0 Å². The van der Waals surface area contributed by atoms with Crippen LogP contribution in [-0.4, -0.2) is 42.6 Å². The van der Waals surface area contributed by atoms with Crippen LogP contribution in [0.4, 0.5) is 0 Å². The lowest BCUT2D eigenvalue weighted by Gasteiger charge is -2.23. The fourth-order valence-electron chi connectivity index (χ4n) is 3.79. The summed E-state index contributed by atoms with van der Waals surface area (Å²) in [5.41, 5.74) is 5.11. The van der Waals surface area contributed by atoms with Gasteiger partial charge < -0.3 is 19.3 Å². The predicted molar refractivity (Wildman–Crippen MR) is 117 cm³/mol. The van der Waals surface area contributed by atoms with E-state index >= 15 is 0 Å². The van der Waals surface area contributed by atoms with Crippen molar-refractivity contribution in [1.82, 2.24) is 4.57 Å². The Kier molecular flexibility index (Phi) is 8.05. The molecule has 0 bridgehead atoms. The minimum Gasteiger partial charge on any atom is -0.387 e. The Morgan fingerprint density at radius 2 is 1.76 bits per heavy atom. The van der Waals surface area contributed by atoms with Gasteiger partial charge in [0.15, 0.2) is 0 Å². The Morgan fingerprint density at radius 1 is 1.00 bits per heavy atom. The van der Waals surface area contributed by atoms with E-state index in [1.165, 1.54) is 27.3 Å². The van der Waals surface area contributed by atoms with Gasteiger partial charge in [-0.25, -0.2) is 0 Å². The molecule has 1 aromatic heterocycles. The van der Waals surface area contributed by atoms with Crippen molar-refractivity contribution in [2.75, 3.05) is 26.8 Å². The highest BCUT2D eigenvalue weighted by atomic mass is 16.5. The number of benzene rings is 2. The highest BCUT2D eigenvalue weighted by Gasteiger charge is 2.18. The molecule has 4 nitrogen and oxygen atoms in total. The van der Waals surface area contributed by atoms with Gasteiger partial charge in [-0.15, -0.1) is 0 Å². The first-order chi connectivity index (χ1) is 14.2. The molecule has 29 heavy (non-hydrogen) atoms. The molecule has 0 saturated carbocycles. The first-order valence-corrected chi connectivity index (χ1v) is 10.4. The highest BCUT2D eigenvalue weighted by Crippen LogP contribution is 2.11. The Morgan fingerprint density at radius 3 is 2.52 bits per heavy atom. The van der Waals surface area contributed by atoms with Crippen LogP contribution in [0.2, 0.25) is 0 Å². The zero-order valence-corrected chi connectivity index (χ0v) is 17.6. The number of aliphatic hydroxyl groups excluding tert-OH is 1. The maximum absolute atomic E-state index is 10.7. The first kappa shape index (κ1) is 21.3. The molecule has 1 heterocycles. The molecule has 0 spiro atoms. The maximum Gasteiger partial charge on any atom is 0.118 e. The molecule has 3 rings (SSSR count). The van der Waals surface area contributed by atoms with Crippen LogP contribution in [-0.2, 0) is 24.2 Å². The summed E-state index contributed by atoms with van der Waals surface area (Å²) < 4.78 is 7.64. The van der Waals surface area contributed by atoms with Crippen molar-refractivity contribution in [2.45, 2.75) is 32.5 Å². The monoisotopic (exact) mass is 393 g/mol. The van der Waals surface area contributed by atoms with Crippen molar-refractivity contribution >= 4 is 0 Å². The third-order valence-electron chi connectivity index (χ3n) is 5.45. The van der Waals surface area contributed by atoms with E-state index in [0.29, 0.717) is 19.6 Å². The van der Waals surface area contributed by atoms with Crippen LogP contribution in [0.1, 0.15) is 22.4 Å². The Balaban J connectivity index is 1.65. The molecule has 0 fully saturated rings. The molecular weight excluding hydrogens is 360 g/mol. The van der Waals surface area contributed by atoms with Gasteiger partial charge in [0.25, 0.3) is 0 Å². The molecule has 0 aliphatic carbocycles. The second kappa shape index (κ2) is 11.0. The van der Waals surface area contributed by atoms with Crippen LogP contribution < -0.4 is 4.90 Å². The van der Waals surface area contributed by atoms with Gasteiger partial charge in [0, 0.05) is 26.3 Å². The van der Waals surface area contributed by atoms with Crippen LogP contribution in [0, 0.1) is 6.92 Å². The zero-order chi connectivity index (χ0) is 20.5. The average Bonchev–Trinajstić information content (AvgIpc) is 3.15. The number of aliphatic hydroxyl groups is 1. The number of quaternary nitrogens is 1. The van der Waals surface area contributed by atoms with Gasteiger partial charge in [0.2, 0.25) is 0 Å². The molecule has 3 aromatic rings. The van der Waals surface area contributed by atoms with Gasteiger partial charge >= 0.3 is 0 Å². The van der Waals surface area contributed by atoms with Crippen molar-refractivity contribution in [1.29, 1.82) is 0 Å². The second-order valence-electron chi connectivity index (χ2n) is 7.77. The number of rotatable bonds is 11. The van der Waals surface area contributed by atoms with Crippen LogP contribution in [0.5, 0.6) is 0 Å². The molecule has 2 N–H and O–H groups in total. The topological polar surface area (TPSA) is 38.8 Å². The van der Waals surface area contributed by atoms with Crippen LogP contribution >= 0.6 is 0 Å². The molecule has 0 radical (unpaired) electrons. The summed E-state index contributed by atoms with van der Waals surface area (Å²) in [6.45, 7) is 6.17. The molecule has 4 heteroatoms. The number of hydrogen-bond acceptors (Lipinski definition) is 2. The van der Waals surface area contributed by atoms with Gasteiger partial charge in [0.05, 0.1) is 12.3 Å². The fourth-order valence-corrected chi connectivity index (χ4v) is 3.79. The Hall–Kier alpha value is -2.40. The van der Waals surface area contributed by atoms with Gasteiger partial charge in [0.1, 0.15) is 25.7 Å². The van der Waals surface area contributed by atoms with Crippen molar-refractivity contribution in [3.8, 4) is 0 Å². The summed E-state index contributed by atoms with van der Waals surface area (Å²) in [6.07, 6.45) is 2.46. The number of aromatic nitrogens is 1. The standard InChI is InChI=1S/C25H32N2O2/c1-21-9-6-7-12-23(21)18-27-14-8-13-24(27)19-26(15-16-29-2)20-25(28)17-22-10-4-3-5-11-22/h3-14,25,28H,15-20H2,1-2H3/p+1/t25-/m0/s1. The molecule has 0 amide bonds. The molecule has 154 valence electrons. The lowest BCUT2D eigenvalue weighted by atomic mass is 10.1. The number of ether oxygens (including phenoxy) is 1. The Labute approximate surface area is 174 Å². The molecule has 0 aliphatic heterocycles. The van der Waals surface area contributed by atoms with E-state index in [1.807, 2.05) is 18.2 Å². The van der Waals surface area contributed by atoms with Gasteiger partial charge in [-0.3, -0.25) is 0 Å². The zero-order valence-electron chi connectivity index (χ0n) is 17.6.